The summed E-state index contributed by atoms with van der Waals surface area (Å²) in [6.07, 6.45) is 5.62. The third-order valence-corrected chi connectivity index (χ3v) is 6.40. The second kappa shape index (κ2) is 8.33. The maximum Gasteiger partial charge on any atom is 0.241 e. The van der Waals surface area contributed by atoms with Gasteiger partial charge in [0, 0.05) is 31.5 Å². The predicted molar refractivity (Wildman–Crippen MR) is 120 cm³/mol. The molecule has 1 aromatic carbocycles. The van der Waals surface area contributed by atoms with Crippen LogP contribution in [0.4, 0.5) is 0 Å². The van der Waals surface area contributed by atoms with Crippen molar-refractivity contribution in [1.82, 2.24) is 19.9 Å². The molecule has 168 valence electrons. The zero-order valence-electron chi connectivity index (χ0n) is 18.6. The Balaban J connectivity index is 1.54. The molecule has 2 atom stereocenters. The van der Waals surface area contributed by atoms with Crippen molar-refractivity contribution in [2.45, 2.75) is 31.8 Å². The van der Waals surface area contributed by atoms with E-state index < -0.39 is 0 Å². The number of aromatic nitrogens is 3. The number of hydrogen-bond donors (Lipinski definition) is 1. The third kappa shape index (κ3) is 3.97. The summed E-state index contributed by atoms with van der Waals surface area (Å²) >= 11 is 0. The van der Waals surface area contributed by atoms with E-state index in [4.69, 9.17) is 19.2 Å². The van der Waals surface area contributed by atoms with Gasteiger partial charge in [0.15, 0.2) is 11.5 Å². The van der Waals surface area contributed by atoms with Gasteiger partial charge in [-0.25, -0.2) is 9.97 Å². The largest absolute Gasteiger partial charge is 0.493 e. The van der Waals surface area contributed by atoms with Crippen molar-refractivity contribution >= 4 is 16.9 Å². The minimum absolute atomic E-state index is 0.0623. The molecule has 5 rings (SSSR count). The van der Waals surface area contributed by atoms with Crippen LogP contribution in [0, 0.1) is 11.8 Å². The smallest absolute Gasteiger partial charge is 0.241 e. The van der Waals surface area contributed by atoms with Crippen molar-refractivity contribution in [2.24, 2.45) is 18.9 Å². The van der Waals surface area contributed by atoms with Crippen molar-refractivity contribution in [3.63, 3.8) is 0 Å². The van der Waals surface area contributed by atoms with E-state index in [9.17, 15) is 4.79 Å². The van der Waals surface area contributed by atoms with Crippen LogP contribution in [0.5, 0.6) is 17.4 Å². The van der Waals surface area contributed by atoms with Crippen molar-refractivity contribution in [2.75, 3.05) is 20.8 Å². The standard InChI is InChI=1S/C24H28N4O4/c1-28-13-26-18-11-17(15-6-7-19(30-2)21(9-15)31-3)27-24(23(18)28)32-20(8-14-4-5-14)16-10-22(29)25-12-16/h6-7,9,11,13-14,16,20H,4-5,8,10,12H2,1-3H3,(H,25,29)/t16-,20-/m1/s1. The summed E-state index contributed by atoms with van der Waals surface area (Å²) in [5.41, 5.74) is 3.30. The Labute approximate surface area is 186 Å². The summed E-state index contributed by atoms with van der Waals surface area (Å²) in [6.45, 7) is 0.653. The zero-order chi connectivity index (χ0) is 22.2. The Morgan fingerprint density at radius 2 is 2.00 bits per heavy atom. The van der Waals surface area contributed by atoms with Crippen LogP contribution in [0.3, 0.4) is 0 Å². The molecule has 0 bridgehead atoms. The van der Waals surface area contributed by atoms with Gasteiger partial charge >= 0.3 is 0 Å². The fourth-order valence-electron chi connectivity index (χ4n) is 4.42. The first-order valence-electron chi connectivity index (χ1n) is 11.0. The van der Waals surface area contributed by atoms with Crippen LogP contribution in [0.1, 0.15) is 25.7 Å². The average molecular weight is 437 g/mol. The summed E-state index contributed by atoms with van der Waals surface area (Å²) in [4.78, 5) is 21.3. The van der Waals surface area contributed by atoms with Crippen LogP contribution in [-0.4, -0.2) is 47.3 Å². The molecule has 1 amide bonds. The lowest BCUT2D eigenvalue weighted by atomic mass is 9.96. The number of rotatable bonds is 8. The van der Waals surface area contributed by atoms with E-state index in [2.05, 4.69) is 10.3 Å². The number of carbonyl (C=O) groups excluding carboxylic acids is 1. The number of amides is 1. The molecule has 2 aliphatic rings. The Hall–Kier alpha value is -3.29. The van der Waals surface area contributed by atoms with Gasteiger partial charge < -0.3 is 24.1 Å². The molecule has 2 aromatic heterocycles. The first-order valence-corrected chi connectivity index (χ1v) is 11.0. The first kappa shape index (κ1) is 20.6. The third-order valence-electron chi connectivity index (χ3n) is 6.40. The van der Waals surface area contributed by atoms with Crippen LogP contribution in [0.2, 0.25) is 0 Å². The average Bonchev–Trinajstić information content (AvgIpc) is 3.39. The van der Waals surface area contributed by atoms with Gasteiger partial charge in [0.05, 0.1) is 31.8 Å². The Morgan fingerprint density at radius 3 is 2.69 bits per heavy atom. The fraction of sp³-hybridized carbons (Fsp3) is 0.458. The molecular weight excluding hydrogens is 408 g/mol. The van der Waals surface area contributed by atoms with Gasteiger partial charge in [-0.1, -0.05) is 12.8 Å². The molecule has 8 nitrogen and oxygen atoms in total. The number of pyridine rings is 1. The van der Waals surface area contributed by atoms with Gasteiger partial charge in [0.1, 0.15) is 11.6 Å². The summed E-state index contributed by atoms with van der Waals surface area (Å²) in [6, 6.07) is 7.68. The van der Waals surface area contributed by atoms with Crippen LogP contribution in [0.25, 0.3) is 22.3 Å². The molecular formula is C24H28N4O4. The number of imidazole rings is 1. The summed E-state index contributed by atoms with van der Waals surface area (Å²) in [7, 11) is 5.17. The molecule has 32 heavy (non-hydrogen) atoms. The number of hydrogen-bond acceptors (Lipinski definition) is 6. The Kier molecular flexibility index (Phi) is 5.36. The molecule has 1 saturated heterocycles. The van der Waals surface area contributed by atoms with E-state index in [-0.39, 0.29) is 17.9 Å². The number of ether oxygens (including phenoxy) is 3. The molecule has 1 N–H and O–H groups in total. The molecule has 1 aliphatic heterocycles. The highest BCUT2D eigenvalue weighted by Crippen LogP contribution is 2.39. The molecule has 1 aliphatic carbocycles. The van der Waals surface area contributed by atoms with Gasteiger partial charge in [-0.15, -0.1) is 0 Å². The van der Waals surface area contributed by atoms with Crippen molar-refractivity contribution < 1.29 is 19.0 Å². The normalized spacial score (nSPS) is 19.1. The predicted octanol–water partition coefficient (Wildman–Crippen LogP) is 3.34. The number of nitrogens with one attached hydrogen (secondary N) is 1. The van der Waals surface area contributed by atoms with Crippen LogP contribution >= 0.6 is 0 Å². The van der Waals surface area contributed by atoms with Crippen molar-refractivity contribution in [3.05, 3.63) is 30.6 Å². The highest BCUT2D eigenvalue weighted by Gasteiger charge is 2.36. The van der Waals surface area contributed by atoms with Crippen LogP contribution in [-0.2, 0) is 11.8 Å². The van der Waals surface area contributed by atoms with E-state index >= 15 is 0 Å². The number of fused-ring (bicyclic) bond motifs is 1. The van der Waals surface area contributed by atoms with E-state index in [0.717, 1.165) is 28.7 Å². The minimum Gasteiger partial charge on any atom is -0.493 e. The quantitative estimate of drug-likeness (QED) is 0.583. The van der Waals surface area contributed by atoms with E-state index in [1.165, 1.54) is 12.8 Å². The number of carbonyl (C=O) groups is 1. The molecule has 2 fully saturated rings. The van der Waals surface area contributed by atoms with Crippen LogP contribution in [0.15, 0.2) is 30.6 Å². The highest BCUT2D eigenvalue weighted by atomic mass is 16.5. The Morgan fingerprint density at radius 1 is 1.19 bits per heavy atom. The second-order valence-corrected chi connectivity index (χ2v) is 8.71. The maximum atomic E-state index is 11.9. The second-order valence-electron chi connectivity index (χ2n) is 8.71. The van der Waals surface area contributed by atoms with Crippen LogP contribution < -0.4 is 19.5 Å². The van der Waals surface area contributed by atoms with Gasteiger partial charge in [0.2, 0.25) is 11.8 Å². The lowest BCUT2D eigenvalue weighted by Gasteiger charge is -2.24. The zero-order valence-corrected chi connectivity index (χ0v) is 18.6. The summed E-state index contributed by atoms with van der Waals surface area (Å²) in [5, 5.41) is 2.95. The molecule has 8 heteroatoms. The van der Waals surface area contributed by atoms with E-state index in [0.29, 0.717) is 36.3 Å². The van der Waals surface area contributed by atoms with E-state index in [1.807, 2.05) is 35.9 Å². The number of nitrogens with zero attached hydrogens (tertiary/aromatic N) is 3. The summed E-state index contributed by atoms with van der Waals surface area (Å²) in [5.74, 6) is 2.77. The van der Waals surface area contributed by atoms with Crippen molar-refractivity contribution in [3.8, 4) is 28.6 Å². The molecule has 1 saturated carbocycles. The van der Waals surface area contributed by atoms with Crippen molar-refractivity contribution in [1.29, 1.82) is 0 Å². The SMILES string of the molecule is COc1ccc(-c2cc3ncn(C)c3c(O[C@H](CC3CC3)[C@H]3CNC(=O)C3)n2)cc1OC. The lowest BCUT2D eigenvalue weighted by molar-refractivity contribution is -0.119. The van der Waals surface area contributed by atoms with Gasteiger partial charge in [-0.05, 0) is 36.6 Å². The topological polar surface area (TPSA) is 87.5 Å². The fourth-order valence-corrected chi connectivity index (χ4v) is 4.42. The Bertz CT molecular complexity index is 1150. The summed E-state index contributed by atoms with van der Waals surface area (Å²) < 4.78 is 19.4. The molecule has 0 spiro atoms. The number of benzene rings is 1. The molecule has 0 unspecified atom stereocenters. The van der Waals surface area contributed by atoms with Gasteiger partial charge in [-0.3, -0.25) is 4.79 Å². The molecule has 3 heterocycles. The molecule has 0 radical (unpaired) electrons. The number of methoxy groups -OCH3 is 2. The highest BCUT2D eigenvalue weighted by molar-refractivity contribution is 5.85. The monoisotopic (exact) mass is 436 g/mol. The number of aryl methyl sites for hydroxylation is 1. The maximum absolute atomic E-state index is 11.9. The lowest BCUT2D eigenvalue weighted by Crippen LogP contribution is -2.30. The minimum atomic E-state index is -0.0623. The van der Waals surface area contributed by atoms with Gasteiger partial charge in [-0.2, -0.15) is 0 Å². The van der Waals surface area contributed by atoms with Gasteiger partial charge in [0.25, 0.3) is 0 Å². The molecule has 3 aromatic rings. The van der Waals surface area contributed by atoms with E-state index in [1.54, 1.807) is 20.5 Å². The first-order chi connectivity index (χ1) is 15.6.